The van der Waals surface area contributed by atoms with Crippen LogP contribution in [0.15, 0.2) is 84.0 Å². The molecule has 0 saturated heterocycles. The lowest BCUT2D eigenvalue weighted by Gasteiger charge is -2.27. The first-order valence-electron chi connectivity index (χ1n) is 10.3. The van der Waals surface area contributed by atoms with E-state index in [-0.39, 0.29) is 11.9 Å². The summed E-state index contributed by atoms with van der Waals surface area (Å²) in [6, 6.07) is 23.7. The van der Waals surface area contributed by atoms with Crippen LogP contribution >= 0.6 is 11.6 Å². The standard InChI is InChI=1S/C25H24ClFN2O2/c26-21-12-10-18(11-13-21)24-14-22(31-28-24)16-29(15-20-8-4-5-9-23(20)27)17-25(30)19-6-2-1-3-7-19/h1-13,22,25,30H,14-17H2. The van der Waals surface area contributed by atoms with Crippen LogP contribution in [0.5, 0.6) is 0 Å². The lowest BCUT2D eigenvalue weighted by Crippen LogP contribution is -2.35. The van der Waals surface area contributed by atoms with Gasteiger partial charge in [0.05, 0.1) is 11.8 Å². The molecule has 31 heavy (non-hydrogen) atoms. The number of hydrogen-bond acceptors (Lipinski definition) is 4. The third-order valence-electron chi connectivity index (χ3n) is 5.34. The van der Waals surface area contributed by atoms with Crippen LogP contribution in [0.1, 0.15) is 29.2 Å². The molecule has 0 radical (unpaired) electrons. The van der Waals surface area contributed by atoms with Crippen LogP contribution in [0.4, 0.5) is 4.39 Å². The van der Waals surface area contributed by atoms with Crippen molar-refractivity contribution in [1.29, 1.82) is 0 Å². The van der Waals surface area contributed by atoms with E-state index in [1.165, 1.54) is 6.07 Å². The molecule has 1 aliphatic rings. The van der Waals surface area contributed by atoms with Crippen molar-refractivity contribution in [1.82, 2.24) is 4.90 Å². The highest BCUT2D eigenvalue weighted by atomic mass is 35.5. The summed E-state index contributed by atoms with van der Waals surface area (Å²) in [5, 5.41) is 15.7. The van der Waals surface area contributed by atoms with E-state index in [0.29, 0.717) is 36.6 Å². The van der Waals surface area contributed by atoms with Crippen molar-refractivity contribution in [3.05, 3.63) is 106 Å². The summed E-state index contributed by atoms with van der Waals surface area (Å²) >= 11 is 5.97. The van der Waals surface area contributed by atoms with Crippen molar-refractivity contribution >= 4 is 17.3 Å². The van der Waals surface area contributed by atoms with Crippen molar-refractivity contribution in [2.45, 2.75) is 25.2 Å². The van der Waals surface area contributed by atoms with Gasteiger partial charge in [0.25, 0.3) is 0 Å². The lowest BCUT2D eigenvalue weighted by molar-refractivity contribution is 0.0314. The number of halogens is 2. The predicted octanol–water partition coefficient (Wildman–Crippen LogP) is 5.21. The number of oxime groups is 1. The highest BCUT2D eigenvalue weighted by Gasteiger charge is 2.26. The van der Waals surface area contributed by atoms with Gasteiger partial charge >= 0.3 is 0 Å². The number of aliphatic hydroxyl groups is 1. The lowest BCUT2D eigenvalue weighted by atomic mass is 10.0. The Kier molecular flexibility index (Phi) is 6.97. The van der Waals surface area contributed by atoms with Gasteiger partial charge in [0.15, 0.2) is 0 Å². The third kappa shape index (κ3) is 5.70. The Bertz CT molecular complexity index is 1030. The van der Waals surface area contributed by atoms with Crippen molar-refractivity contribution in [2.75, 3.05) is 13.1 Å². The average Bonchev–Trinajstić information content (AvgIpc) is 3.25. The highest BCUT2D eigenvalue weighted by Crippen LogP contribution is 2.22. The third-order valence-corrected chi connectivity index (χ3v) is 5.59. The van der Waals surface area contributed by atoms with Crippen LogP contribution in [-0.4, -0.2) is 34.9 Å². The molecule has 3 aromatic rings. The number of nitrogens with zero attached hydrogens (tertiary/aromatic N) is 2. The van der Waals surface area contributed by atoms with Crippen molar-refractivity contribution in [2.24, 2.45) is 5.16 Å². The molecule has 0 bridgehead atoms. The van der Waals surface area contributed by atoms with E-state index in [1.54, 1.807) is 12.1 Å². The van der Waals surface area contributed by atoms with Gasteiger partial charge in [0.2, 0.25) is 0 Å². The zero-order chi connectivity index (χ0) is 21.6. The van der Waals surface area contributed by atoms with Crippen molar-refractivity contribution in [3.63, 3.8) is 0 Å². The summed E-state index contributed by atoms with van der Waals surface area (Å²) in [5.41, 5.74) is 3.24. The average molecular weight is 439 g/mol. The Morgan fingerprint density at radius 2 is 1.74 bits per heavy atom. The molecule has 6 heteroatoms. The van der Waals surface area contributed by atoms with Crippen molar-refractivity contribution < 1.29 is 14.3 Å². The molecule has 2 unspecified atom stereocenters. The van der Waals surface area contributed by atoms with Gasteiger partial charge in [-0.25, -0.2) is 4.39 Å². The smallest absolute Gasteiger partial charge is 0.145 e. The summed E-state index contributed by atoms with van der Waals surface area (Å²) in [6.45, 7) is 1.24. The quantitative estimate of drug-likeness (QED) is 0.525. The first-order valence-corrected chi connectivity index (χ1v) is 10.6. The monoisotopic (exact) mass is 438 g/mol. The minimum atomic E-state index is -0.689. The summed E-state index contributed by atoms with van der Waals surface area (Å²) in [4.78, 5) is 7.69. The fourth-order valence-corrected chi connectivity index (χ4v) is 3.85. The predicted molar refractivity (Wildman–Crippen MR) is 121 cm³/mol. The van der Waals surface area contributed by atoms with E-state index in [4.69, 9.17) is 16.4 Å². The summed E-state index contributed by atoms with van der Waals surface area (Å²) < 4.78 is 14.3. The molecular weight excluding hydrogens is 415 g/mol. The fraction of sp³-hybridized carbons (Fsp3) is 0.240. The van der Waals surface area contributed by atoms with Gasteiger partial charge in [-0.3, -0.25) is 4.90 Å². The minimum Gasteiger partial charge on any atom is -0.390 e. The molecule has 0 spiro atoms. The van der Waals surface area contributed by atoms with Gasteiger partial charge in [-0.05, 0) is 29.3 Å². The largest absolute Gasteiger partial charge is 0.390 e. The topological polar surface area (TPSA) is 45.1 Å². The molecule has 3 aromatic carbocycles. The molecule has 1 N–H and O–H groups in total. The zero-order valence-corrected chi connectivity index (χ0v) is 17.8. The van der Waals surface area contributed by atoms with Crippen LogP contribution in [0, 0.1) is 5.82 Å². The fourth-order valence-electron chi connectivity index (χ4n) is 3.72. The van der Waals surface area contributed by atoms with E-state index in [9.17, 15) is 9.50 Å². The van der Waals surface area contributed by atoms with Crippen molar-refractivity contribution in [3.8, 4) is 0 Å². The first kappa shape index (κ1) is 21.5. The number of hydrogen-bond donors (Lipinski definition) is 1. The minimum absolute atomic E-state index is 0.180. The maximum Gasteiger partial charge on any atom is 0.145 e. The normalized spacial score (nSPS) is 16.8. The van der Waals surface area contributed by atoms with E-state index in [2.05, 4.69) is 5.16 Å². The molecule has 0 aliphatic carbocycles. The van der Waals surface area contributed by atoms with Crippen LogP contribution in [0.25, 0.3) is 0 Å². The molecule has 2 atom stereocenters. The second kappa shape index (κ2) is 10.1. The molecule has 0 fully saturated rings. The van der Waals surface area contributed by atoms with Crippen LogP contribution < -0.4 is 0 Å². The Labute approximate surface area is 186 Å². The van der Waals surface area contributed by atoms with Gasteiger partial charge in [-0.2, -0.15) is 0 Å². The van der Waals surface area contributed by atoms with Gasteiger partial charge < -0.3 is 9.94 Å². The number of benzene rings is 3. The van der Waals surface area contributed by atoms with E-state index in [1.807, 2.05) is 65.6 Å². The molecule has 160 valence electrons. The Morgan fingerprint density at radius 1 is 1.03 bits per heavy atom. The van der Waals surface area contributed by atoms with Crippen LogP contribution in [-0.2, 0) is 11.4 Å². The Morgan fingerprint density at radius 3 is 2.48 bits per heavy atom. The van der Waals surface area contributed by atoms with Gasteiger partial charge in [-0.1, -0.05) is 77.4 Å². The molecule has 0 aromatic heterocycles. The van der Waals surface area contributed by atoms with E-state index >= 15 is 0 Å². The Balaban J connectivity index is 1.45. The SMILES string of the molecule is OC(CN(Cc1ccccc1F)CC1CC(c2ccc(Cl)cc2)=NO1)c1ccccc1. The summed E-state index contributed by atoms with van der Waals surface area (Å²) in [5.74, 6) is -0.257. The summed E-state index contributed by atoms with van der Waals surface area (Å²) in [7, 11) is 0. The molecule has 1 aliphatic heterocycles. The Hall–Kier alpha value is -2.73. The zero-order valence-electron chi connectivity index (χ0n) is 17.0. The molecular formula is C25H24ClFN2O2. The molecule has 1 heterocycles. The molecule has 0 saturated carbocycles. The molecule has 4 nitrogen and oxygen atoms in total. The second-order valence-electron chi connectivity index (χ2n) is 7.69. The van der Waals surface area contributed by atoms with Gasteiger partial charge in [0.1, 0.15) is 11.9 Å². The first-order chi connectivity index (χ1) is 15.1. The van der Waals surface area contributed by atoms with Gasteiger partial charge in [-0.15, -0.1) is 0 Å². The number of rotatable bonds is 8. The number of aliphatic hydroxyl groups excluding tert-OH is 1. The summed E-state index contributed by atoms with van der Waals surface area (Å²) in [6.07, 6.45) is -0.233. The van der Waals surface area contributed by atoms with E-state index < -0.39 is 6.10 Å². The maximum absolute atomic E-state index is 14.3. The molecule has 4 rings (SSSR count). The second-order valence-corrected chi connectivity index (χ2v) is 8.12. The van der Waals surface area contributed by atoms with Crippen LogP contribution in [0.2, 0.25) is 5.02 Å². The maximum atomic E-state index is 14.3. The van der Waals surface area contributed by atoms with Gasteiger partial charge in [0, 0.05) is 36.6 Å². The molecule has 0 amide bonds. The van der Waals surface area contributed by atoms with Crippen LogP contribution in [0.3, 0.4) is 0 Å². The van der Waals surface area contributed by atoms with E-state index in [0.717, 1.165) is 16.8 Å². The highest BCUT2D eigenvalue weighted by molar-refractivity contribution is 6.30.